The van der Waals surface area contributed by atoms with Gasteiger partial charge in [0, 0.05) is 30.2 Å². The predicted molar refractivity (Wildman–Crippen MR) is 122 cm³/mol. The first-order valence-electron chi connectivity index (χ1n) is 11.2. The fourth-order valence-corrected chi connectivity index (χ4v) is 4.12. The van der Waals surface area contributed by atoms with Crippen molar-refractivity contribution in [2.45, 2.75) is 64.3 Å². The van der Waals surface area contributed by atoms with Crippen molar-refractivity contribution < 1.29 is 24.2 Å². The summed E-state index contributed by atoms with van der Waals surface area (Å²) in [5, 5.41) is 10.1. The Labute approximate surface area is 192 Å². The number of fused-ring (bicyclic) bond motifs is 1. The molecule has 0 saturated heterocycles. The molecule has 0 spiro atoms. The Morgan fingerprint density at radius 3 is 2.21 bits per heavy atom. The Bertz CT molecular complexity index is 993. The average Bonchev–Trinajstić information content (AvgIpc) is 3.34. The van der Waals surface area contributed by atoms with E-state index >= 15 is 0 Å². The summed E-state index contributed by atoms with van der Waals surface area (Å²) in [6.07, 6.45) is 1.67. The minimum absolute atomic E-state index is 0.147. The third-order valence-corrected chi connectivity index (χ3v) is 6.38. The van der Waals surface area contributed by atoms with Gasteiger partial charge in [-0.1, -0.05) is 27.7 Å². The van der Waals surface area contributed by atoms with Gasteiger partial charge in [0.25, 0.3) is 0 Å². The highest BCUT2D eigenvalue weighted by Gasteiger charge is 2.50. The van der Waals surface area contributed by atoms with Gasteiger partial charge in [0.1, 0.15) is 36.1 Å². The average molecular weight is 463 g/mol. The van der Waals surface area contributed by atoms with Gasteiger partial charge in [-0.05, 0) is 18.3 Å². The largest absolute Gasteiger partial charge is 0.457 e. The molecule has 1 fully saturated rings. The topological polar surface area (TPSA) is 192 Å². The molecule has 182 valence electrons. The maximum Gasteiger partial charge on any atom is 0.323 e. The second kappa shape index (κ2) is 10.0. The van der Waals surface area contributed by atoms with Crippen LogP contribution in [0.4, 0.5) is 5.82 Å². The molecular weight excluding hydrogens is 428 g/mol. The zero-order chi connectivity index (χ0) is 24.4. The van der Waals surface area contributed by atoms with Crippen LogP contribution in [0.3, 0.4) is 0 Å². The summed E-state index contributed by atoms with van der Waals surface area (Å²) in [4.78, 5) is 36.9. The van der Waals surface area contributed by atoms with E-state index in [9.17, 15) is 14.7 Å². The number of nitrogens with one attached hydrogen (secondary N) is 1. The van der Waals surface area contributed by atoms with Crippen LogP contribution in [0.15, 0.2) is 12.5 Å². The van der Waals surface area contributed by atoms with Gasteiger partial charge >= 0.3 is 11.9 Å². The quantitative estimate of drug-likeness (QED) is 0.343. The smallest absolute Gasteiger partial charge is 0.323 e. The van der Waals surface area contributed by atoms with Crippen molar-refractivity contribution in [2.24, 2.45) is 29.2 Å². The number of H-pyrrole nitrogens is 1. The molecule has 0 bridgehead atoms. The number of esters is 2. The normalized spacial score (nSPS) is 24.9. The number of rotatable bonds is 8. The van der Waals surface area contributed by atoms with E-state index in [0.29, 0.717) is 17.5 Å². The third kappa shape index (κ3) is 4.94. The molecule has 0 amide bonds. The Hall–Kier alpha value is -2.76. The third-order valence-electron chi connectivity index (χ3n) is 6.38. The summed E-state index contributed by atoms with van der Waals surface area (Å²) in [6.45, 7) is 6.97. The van der Waals surface area contributed by atoms with Gasteiger partial charge in [-0.15, -0.1) is 0 Å². The summed E-state index contributed by atoms with van der Waals surface area (Å²) in [6, 6.07) is -1.70. The van der Waals surface area contributed by atoms with Crippen molar-refractivity contribution >= 4 is 28.8 Å². The number of hydrogen-bond acceptors (Lipinski definition) is 10. The van der Waals surface area contributed by atoms with Gasteiger partial charge in [-0.3, -0.25) is 9.59 Å². The molecule has 11 nitrogen and oxygen atoms in total. The van der Waals surface area contributed by atoms with E-state index in [-0.39, 0.29) is 24.3 Å². The van der Waals surface area contributed by atoms with Crippen molar-refractivity contribution in [3.63, 3.8) is 0 Å². The highest BCUT2D eigenvalue weighted by Crippen LogP contribution is 2.44. The molecular formula is C22H34N6O5. The molecule has 2 aromatic heterocycles. The summed E-state index contributed by atoms with van der Waals surface area (Å²) in [7, 11) is 0. The number of nitrogen functional groups attached to an aromatic ring is 1. The van der Waals surface area contributed by atoms with E-state index in [2.05, 4.69) is 15.0 Å². The minimum Gasteiger partial charge on any atom is -0.457 e. The van der Waals surface area contributed by atoms with Gasteiger partial charge in [0.2, 0.25) is 0 Å². The standard InChI is InChI=1S/C22H34N6O5/c1-9(2)14(23)21(30)32-18-11(7-29)5-12(19(18)33-22(31)15(24)10(3)4)13-6-26-17-16(13)27-8-28-20(17)25/h6,8-12,14-15,18-19,26,29H,5,7,23-24H2,1-4H3,(H2,25,27,28)/t11-,12+,14+,15+,18-,19+/m1/s1. The molecule has 1 aliphatic carbocycles. The molecule has 1 aliphatic rings. The molecule has 8 N–H and O–H groups in total. The number of hydrogen-bond donors (Lipinski definition) is 5. The lowest BCUT2D eigenvalue weighted by Crippen LogP contribution is -2.46. The van der Waals surface area contributed by atoms with Crippen molar-refractivity contribution in [2.75, 3.05) is 12.3 Å². The van der Waals surface area contributed by atoms with Crippen LogP contribution in [0.1, 0.15) is 45.6 Å². The molecule has 6 atom stereocenters. The zero-order valence-electron chi connectivity index (χ0n) is 19.4. The molecule has 2 aromatic rings. The van der Waals surface area contributed by atoms with E-state index < -0.39 is 48.1 Å². The van der Waals surface area contributed by atoms with Crippen molar-refractivity contribution in [3.05, 3.63) is 18.1 Å². The highest BCUT2D eigenvalue weighted by molar-refractivity contribution is 5.87. The van der Waals surface area contributed by atoms with Gasteiger partial charge in [0.05, 0.1) is 5.52 Å². The second-order valence-corrected chi connectivity index (χ2v) is 9.35. The van der Waals surface area contributed by atoms with Crippen LogP contribution < -0.4 is 17.2 Å². The number of aromatic amines is 1. The first-order chi connectivity index (χ1) is 15.6. The molecule has 11 heteroatoms. The monoisotopic (exact) mass is 462 g/mol. The lowest BCUT2D eigenvalue weighted by atomic mass is 9.96. The molecule has 1 saturated carbocycles. The highest BCUT2D eigenvalue weighted by atomic mass is 16.6. The van der Waals surface area contributed by atoms with E-state index in [4.69, 9.17) is 26.7 Å². The zero-order valence-corrected chi connectivity index (χ0v) is 19.4. The Morgan fingerprint density at radius 1 is 1.09 bits per heavy atom. The summed E-state index contributed by atoms with van der Waals surface area (Å²) < 4.78 is 11.6. The first-order valence-corrected chi connectivity index (χ1v) is 11.2. The number of carbonyl (C=O) groups is 2. The lowest BCUT2D eigenvalue weighted by Gasteiger charge is -2.29. The number of ether oxygens (including phenoxy) is 2. The fourth-order valence-electron chi connectivity index (χ4n) is 4.12. The SMILES string of the molecule is CC(C)[C@H](N)C(=O)O[C@@H]1[C@@H](CO)C[C@@H](c2c[nH]c3c(N)ncnc23)[C@@H]1OC(=O)[C@@H](N)C(C)C. The van der Waals surface area contributed by atoms with Crippen LogP contribution in [-0.2, 0) is 19.1 Å². The maximum absolute atomic E-state index is 12.8. The number of carbonyl (C=O) groups excluding carboxylic acids is 2. The minimum atomic E-state index is -0.898. The lowest BCUT2D eigenvalue weighted by molar-refractivity contribution is -0.172. The number of aliphatic hydroxyl groups excluding tert-OH is 1. The van der Waals surface area contributed by atoms with Crippen molar-refractivity contribution in [3.8, 4) is 0 Å². The number of nitrogens with two attached hydrogens (primary N) is 3. The summed E-state index contributed by atoms with van der Waals surface area (Å²) >= 11 is 0. The Balaban J connectivity index is 2.00. The Morgan fingerprint density at radius 2 is 1.67 bits per heavy atom. The van der Waals surface area contributed by atoms with Gasteiger partial charge in [-0.2, -0.15) is 0 Å². The van der Waals surface area contributed by atoms with Crippen LogP contribution in [0.25, 0.3) is 11.0 Å². The number of nitrogens with zero attached hydrogens (tertiary/aromatic N) is 2. The molecule has 0 aliphatic heterocycles. The maximum atomic E-state index is 12.8. The number of anilines is 1. The van der Waals surface area contributed by atoms with Crippen LogP contribution in [0.2, 0.25) is 0 Å². The van der Waals surface area contributed by atoms with E-state index in [0.717, 1.165) is 5.56 Å². The fraction of sp³-hybridized carbons (Fsp3) is 0.636. The number of aromatic nitrogens is 3. The van der Waals surface area contributed by atoms with E-state index in [1.54, 1.807) is 6.20 Å². The summed E-state index contributed by atoms with van der Waals surface area (Å²) in [5.74, 6) is -2.15. The van der Waals surface area contributed by atoms with Crippen LogP contribution in [0, 0.1) is 17.8 Å². The van der Waals surface area contributed by atoms with Crippen LogP contribution in [0.5, 0.6) is 0 Å². The van der Waals surface area contributed by atoms with Crippen molar-refractivity contribution in [1.29, 1.82) is 0 Å². The van der Waals surface area contributed by atoms with Gasteiger partial charge < -0.3 is 36.8 Å². The van der Waals surface area contributed by atoms with Gasteiger partial charge in [-0.25, -0.2) is 9.97 Å². The molecule has 33 heavy (non-hydrogen) atoms. The first kappa shape index (κ1) is 24.9. The predicted octanol–water partition coefficient (Wildman–Crippen LogP) is 0.426. The second-order valence-electron chi connectivity index (χ2n) is 9.35. The van der Waals surface area contributed by atoms with Crippen LogP contribution in [-0.4, -0.2) is 62.9 Å². The van der Waals surface area contributed by atoms with Crippen molar-refractivity contribution in [1.82, 2.24) is 15.0 Å². The number of aliphatic hydroxyl groups is 1. The Kier molecular flexibility index (Phi) is 7.55. The molecule has 0 unspecified atom stereocenters. The molecule has 0 aromatic carbocycles. The van der Waals surface area contributed by atoms with Gasteiger partial charge in [0.15, 0.2) is 5.82 Å². The molecule has 2 heterocycles. The molecule has 3 rings (SSSR count). The van der Waals surface area contributed by atoms with Crippen LogP contribution >= 0.6 is 0 Å². The molecule has 0 radical (unpaired) electrons. The van der Waals surface area contributed by atoms with E-state index in [1.165, 1.54) is 6.33 Å². The van der Waals surface area contributed by atoms with E-state index in [1.807, 2.05) is 27.7 Å². The summed E-state index contributed by atoms with van der Waals surface area (Å²) in [5.41, 5.74) is 19.8.